The normalized spacial score (nSPS) is 12.1. The molecule has 0 heterocycles. The van der Waals surface area contributed by atoms with Gasteiger partial charge in [-0.05, 0) is 42.8 Å². The fraction of sp³-hybridized carbons (Fsp3) is 0.316. The summed E-state index contributed by atoms with van der Waals surface area (Å²) in [5.41, 5.74) is 0.201. The first-order valence-corrected chi connectivity index (χ1v) is 12.0. The van der Waals surface area contributed by atoms with E-state index < -0.39 is 31.6 Å². The van der Waals surface area contributed by atoms with Crippen LogP contribution in [0.2, 0.25) is 0 Å². The highest BCUT2D eigenvalue weighted by Gasteiger charge is 2.21. The van der Waals surface area contributed by atoms with Gasteiger partial charge in [0, 0.05) is 20.0 Å². The number of hydrogen-bond acceptors (Lipinski definition) is 5. The zero-order chi connectivity index (χ0) is 21.7. The predicted octanol–water partition coefficient (Wildman–Crippen LogP) is 2.66. The summed E-state index contributed by atoms with van der Waals surface area (Å²) in [6, 6.07) is 10.6. The van der Waals surface area contributed by atoms with Crippen LogP contribution in [0.4, 0.5) is 10.1 Å². The molecule has 0 fully saturated rings. The Morgan fingerprint density at radius 3 is 2.28 bits per heavy atom. The van der Waals surface area contributed by atoms with Crippen LogP contribution in [-0.2, 0) is 24.7 Å². The Labute approximate surface area is 170 Å². The third-order valence-electron chi connectivity index (χ3n) is 4.27. The van der Waals surface area contributed by atoms with Crippen molar-refractivity contribution in [3.8, 4) is 0 Å². The minimum atomic E-state index is -3.79. The topological polar surface area (TPSA) is 101 Å². The average Bonchev–Trinajstić information content (AvgIpc) is 2.68. The number of amides is 1. The zero-order valence-corrected chi connectivity index (χ0v) is 17.8. The molecule has 2 aromatic carbocycles. The van der Waals surface area contributed by atoms with Crippen LogP contribution in [0.5, 0.6) is 0 Å². The van der Waals surface area contributed by atoms with E-state index in [0.29, 0.717) is 0 Å². The second-order valence-corrected chi connectivity index (χ2v) is 10.6. The van der Waals surface area contributed by atoms with E-state index in [0.717, 1.165) is 16.4 Å². The Kier molecular flexibility index (Phi) is 7.50. The third kappa shape index (κ3) is 5.84. The molecule has 0 radical (unpaired) electrons. The maximum Gasteiger partial charge on any atom is 0.242 e. The number of benzene rings is 2. The van der Waals surface area contributed by atoms with Gasteiger partial charge >= 0.3 is 0 Å². The standard InChI is InChI=1S/C19H23FN2O5S2/c1-3-28(24,25)18-8-5-4-7-17(18)21-19(23)9-6-14-22(2)29(26,27)16-12-10-15(20)11-13-16/h4-5,7-8,10-13H,3,6,9,14H2,1-2H3,(H,21,23). The lowest BCUT2D eigenvalue weighted by molar-refractivity contribution is -0.116. The number of carbonyl (C=O) groups is 1. The van der Waals surface area contributed by atoms with Gasteiger partial charge in [0.1, 0.15) is 5.82 Å². The summed E-state index contributed by atoms with van der Waals surface area (Å²) in [5.74, 6) is -1.05. The Morgan fingerprint density at radius 2 is 1.66 bits per heavy atom. The second kappa shape index (κ2) is 9.47. The minimum Gasteiger partial charge on any atom is -0.325 e. The van der Waals surface area contributed by atoms with Crippen molar-refractivity contribution in [3.05, 3.63) is 54.3 Å². The number of hydrogen-bond donors (Lipinski definition) is 1. The van der Waals surface area contributed by atoms with Crippen molar-refractivity contribution in [3.63, 3.8) is 0 Å². The number of nitrogens with zero attached hydrogens (tertiary/aromatic N) is 1. The summed E-state index contributed by atoms with van der Waals surface area (Å²) >= 11 is 0. The molecule has 0 unspecified atom stereocenters. The smallest absolute Gasteiger partial charge is 0.242 e. The van der Waals surface area contributed by atoms with E-state index in [2.05, 4.69) is 5.32 Å². The summed E-state index contributed by atoms with van der Waals surface area (Å²) < 4.78 is 63.2. The van der Waals surface area contributed by atoms with Gasteiger partial charge in [-0.2, -0.15) is 0 Å². The third-order valence-corrected chi connectivity index (χ3v) is 7.93. The molecule has 1 amide bonds. The number of halogens is 1. The molecule has 0 aliphatic heterocycles. The van der Waals surface area contributed by atoms with E-state index >= 15 is 0 Å². The van der Waals surface area contributed by atoms with Gasteiger partial charge in [-0.25, -0.2) is 25.5 Å². The number of para-hydroxylation sites is 1. The molecule has 0 saturated heterocycles. The lowest BCUT2D eigenvalue weighted by Gasteiger charge is -2.17. The van der Waals surface area contributed by atoms with Crippen LogP contribution in [0.25, 0.3) is 0 Å². The Morgan fingerprint density at radius 1 is 1.03 bits per heavy atom. The first kappa shape index (κ1) is 23.0. The van der Waals surface area contributed by atoms with Gasteiger partial charge in [0.25, 0.3) is 0 Å². The molecule has 0 spiro atoms. The fourth-order valence-corrected chi connectivity index (χ4v) is 4.84. The molecular formula is C19H23FN2O5S2. The van der Waals surface area contributed by atoms with Gasteiger partial charge < -0.3 is 5.32 Å². The van der Waals surface area contributed by atoms with Gasteiger partial charge in [0.05, 0.1) is 21.2 Å². The van der Waals surface area contributed by atoms with Gasteiger partial charge in [-0.15, -0.1) is 0 Å². The minimum absolute atomic E-state index is 0.00375. The lowest BCUT2D eigenvalue weighted by Crippen LogP contribution is -2.28. The monoisotopic (exact) mass is 442 g/mol. The highest BCUT2D eigenvalue weighted by atomic mass is 32.2. The molecule has 0 saturated carbocycles. The maximum absolute atomic E-state index is 13.0. The van der Waals surface area contributed by atoms with E-state index in [-0.39, 0.29) is 40.6 Å². The van der Waals surface area contributed by atoms with Crippen molar-refractivity contribution >= 4 is 31.5 Å². The van der Waals surface area contributed by atoms with Crippen LogP contribution in [0.15, 0.2) is 58.3 Å². The van der Waals surface area contributed by atoms with Crippen LogP contribution in [0.1, 0.15) is 19.8 Å². The molecular weight excluding hydrogens is 419 g/mol. The SMILES string of the molecule is CCS(=O)(=O)c1ccccc1NC(=O)CCCN(C)S(=O)(=O)c1ccc(F)cc1. The molecule has 2 aromatic rings. The molecule has 0 aromatic heterocycles. The first-order chi connectivity index (χ1) is 13.6. The van der Waals surface area contributed by atoms with E-state index in [1.54, 1.807) is 12.1 Å². The van der Waals surface area contributed by atoms with Crippen molar-refractivity contribution in [2.24, 2.45) is 0 Å². The lowest BCUT2D eigenvalue weighted by atomic mass is 10.2. The Bertz CT molecular complexity index is 1070. The van der Waals surface area contributed by atoms with Crippen molar-refractivity contribution in [2.75, 3.05) is 24.7 Å². The van der Waals surface area contributed by atoms with E-state index in [1.165, 1.54) is 38.2 Å². The molecule has 29 heavy (non-hydrogen) atoms. The van der Waals surface area contributed by atoms with Crippen LogP contribution in [0, 0.1) is 5.82 Å². The fourth-order valence-electron chi connectivity index (χ4n) is 2.58. The van der Waals surface area contributed by atoms with Crippen molar-refractivity contribution in [1.29, 1.82) is 0 Å². The zero-order valence-electron chi connectivity index (χ0n) is 16.1. The van der Waals surface area contributed by atoms with Crippen LogP contribution in [0.3, 0.4) is 0 Å². The molecule has 2 rings (SSSR count). The van der Waals surface area contributed by atoms with E-state index in [4.69, 9.17) is 0 Å². The van der Waals surface area contributed by atoms with Crippen LogP contribution >= 0.6 is 0 Å². The molecule has 0 aliphatic carbocycles. The van der Waals surface area contributed by atoms with E-state index in [9.17, 15) is 26.0 Å². The molecule has 158 valence electrons. The predicted molar refractivity (Wildman–Crippen MR) is 108 cm³/mol. The second-order valence-electron chi connectivity index (χ2n) is 6.33. The highest BCUT2D eigenvalue weighted by Crippen LogP contribution is 2.22. The van der Waals surface area contributed by atoms with Crippen molar-refractivity contribution < 1.29 is 26.0 Å². The van der Waals surface area contributed by atoms with Gasteiger partial charge in [-0.1, -0.05) is 19.1 Å². The number of nitrogens with one attached hydrogen (secondary N) is 1. The molecule has 7 nitrogen and oxygen atoms in total. The van der Waals surface area contributed by atoms with Crippen LogP contribution in [-0.4, -0.2) is 46.4 Å². The molecule has 1 N–H and O–H groups in total. The largest absolute Gasteiger partial charge is 0.325 e. The van der Waals surface area contributed by atoms with Crippen molar-refractivity contribution in [1.82, 2.24) is 4.31 Å². The summed E-state index contributed by atoms with van der Waals surface area (Å²) in [6.45, 7) is 1.59. The van der Waals surface area contributed by atoms with Crippen molar-refractivity contribution in [2.45, 2.75) is 29.6 Å². The maximum atomic E-state index is 13.0. The number of sulfone groups is 1. The molecule has 10 heteroatoms. The summed E-state index contributed by atoms with van der Waals surface area (Å²) in [7, 11) is -5.90. The number of rotatable bonds is 9. The Balaban J connectivity index is 1.96. The summed E-state index contributed by atoms with van der Waals surface area (Å²) in [4.78, 5) is 12.2. The summed E-state index contributed by atoms with van der Waals surface area (Å²) in [6.07, 6.45) is 0.231. The average molecular weight is 443 g/mol. The molecule has 0 atom stereocenters. The number of sulfonamides is 1. The quantitative estimate of drug-likeness (QED) is 0.643. The Hall–Kier alpha value is -2.30. The molecule has 0 aliphatic rings. The van der Waals surface area contributed by atoms with Gasteiger partial charge in [0.2, 0.25) is 15.9 Å². The van der Waals surface area contributed by atoms with Crippen LogP contribution < -0.4 is 5.32 Å². The molecule has 0 bridgehead atoms. The van der Waals surface area contributed by atoms with Gasteiger partial charge in [0.15, 0.2) is 9.84 Å². The van der Waals surface area contributed by atoms with Gasteiger partial charge in [-0.3, -0.25) is 4.79 Å². The van der Waals surface area contributed by atoms with E-state index in [1.807, 2.05) is 0 Å². The first-order valence-electron chi connectivity index (χ1n) is 8.91. The number of anilines is 1. The summed E-state index contributed by atoms with van der Waals surface area (Å²) in [5, 5.41) is 2.57. The highest BCUT2D eigenvalue weighted by molar-refractivity contribution is 7.91. The number of carbonyl (C=O) groups excluding carboxylic acids is 1.